The van der Waals surface area contributed by atoms with E-state index < -0.39 is 12.2 Å². The van der Waals surface area contributed by atoms with E-state index >= 15 is 0 Å². The van der Waals surface area contributed by atoms with Gasteiger partial charge in [0, 0.05) is 50.3 Å². The van der Waals surface area contributed by atoms with E-state index in [0.717, 1.165) is 67.0 Å². The number of rotatable bonds is 4. The fraction of sp³-hybridized carbons (Fsp3) is 0.500. The molecule has 2 aromatic carbocycles. The van der Waals surface area contributed by atoms with Crippen LogP contribution in [0.25, 0.3) is 0 Å². The normalized spacial score (nSPS) is 23.8. The number of carbonyl (C=O) groups excluding carboxylic acids is 1. The second-order valence-corrected chi connectivity index (χ2v) is 9.60. The van der Waals surface area contributed by atoms with E-state index in [-0.39, 0.29) is 11.5 Å². The molecule has 2 N–H and O–H groups in total. The van der Waals surface area contributed by atoms with E-state index in [1.807, 2.05) is 54.3 Å². The minimum Gasteiger partial charge on any atom is -0.487 e. The van der Waals surface area contributed by atoms with Gasteiger partial charge in [-0.15, -0.1) is 0 Å². The molecule has 0 bridgehead atoms. The lowest BCUT2D eigenvalue weighted by molar-refractivity contribution is -0.117. The maximum absolute atomic E-state index is 11.9. The highest BCUT2D eigenvalue weighted by Gasteiger charge is 2.43. The molecule has 6 heteroatoms. The molecule has 32 heavy (non-hydrogen) atoms. The van der Waals surface area contributed by atoms with Gasteiger partial charge in [0.1, 0.15) is 11.4 Å². The van der Waals surface area contributed by atoms with Crippen LogP contribution in [0.5, 0.6) is 5.75 Å². The molecule has 0 aromatic heterocycles. The summed E-state index contributed by atoms with van der Waals surface area (Å²) in [5, 5.41) is 21.5. The van der Waals surface area contributed by atoms with Crippen LogP contribution in [0, 0.1) is 6.92 Å². The quantitative estimate of drug-likeness (QED) is 0.767. The Morgan fingerprint density at radius 3 is 2.56 bits per heavy atom. The van der Waals surface area contributed by atoms with Crippen molar-refractivity contribution in [3.63, 3.8) is 0 Å². The highest BCUT2D eigenvalue weighted by atomic mass is 16.5. The highest BCUT2D eigenvalue weighted by Crippen LogP contribution is 2.44. The SMILES string of the molecule is Cc1ccc2c(c1)[C@@H](O)CC1(CCN(C[C@@H](O)c3ccc(N4CCCC4=O)cc3)CC1)O2. The van der Waals surface area contributed by atoms with Crippen molar-refractivity contribution in [2.45, 2.75) is 56.8 Å². The Labute approximate surface area is 189 Å². The third-order valence-electron chi connectivity index (χ3n) is 7.28. The molecule has 3 heterocycles. The van der Waals surface area contributed by atoms with Gasteiger partial charge in [0.15, 0.2) is 0 Å². The summed E-state index contributed by atoms with van der Waals surface area (Å²) in [6, 6.07) is 13.7. The third-order valence-corrected chi connectivity index (χ3v) is 7.28. The van der Waals surface area contributed by atoms with E-state index in [0.29, 0.717) is 19.4 Å². The minimum absolute atomic E-state index is 0.174. The number of likely N-dealkylation sites (tertiary alicyclic amines) is 1. The Kier molecular flexibility index (Phi) is 5.70. The van der Waals surface area contributed by atoms with Crippen molar-refractivity contribution in [3.8, 4) is 5.75 Å². The molecular formula is C26H32N2O4. The van der Waals surface area contributed by atoms with Crippen molar-refractivity contribution in [1.82, 2.24) is 4.90 Å². The number of carbonyl (C=O) groups is 1. The van der Waals surface area contributed by atoms with Gasteiger partial charge in [0.05, 0.1) is 12.2 Å². The second kappa shape index (κ2) is 8.50. The molecule has 5 rings (SSSR count). The predicted molar refractivity (Wildman–Crippen MR) is 123 cm³/mol. The number of nitrogens with zero attached hydrogens (tertiary/aromatic N) is 2. The summed E-state index contributed by atoms with van der Waals surface area (Å²) >= 11 is 0. The van der Waals surface area contributed by atoms with E-state index in [2.05, 4.69) is 4.90 Å². The summed E-state index contributed by atoms with van der Waals surface area (Å²) in [6.45, 7) is 5.02. The fourth-order valence-electron chi connectivity index (χ4n) is 5.36. The Balaban J connectivity index is 1.18. The van der Waals surface area contributed by atoms with Gasteiger partial charge in [0.25, 0.3) is 0 Å². The lowest BCUT2D eigenvalue weighted by Gasteiger charge is -2.46. The predicted octanol–water partition coefficient (Wildman–Crippen LogP) is 3.51. The van der Waals surface area contributed by atoms with Gasteiger partial charge in [0.2, 0.25) is 5.91 Å². The molecule has 2 saturated heterocycles. The lowest BCUT2D eigenvalue weighted by atomic mass is 9.81. The Bertz CT molecular complexity index is 982. The number of amides is 1. The van der Waals surface area contributed by atoms with E-state index in [9.17, 15) is 15.0 Å². The zero-order valence-corrected chi connectivity index (χ0v) is 18.7. The zero-order valence-electron chi connectivity index (χ0n) is 18.7. The molecule has 0 radical (unpaired) electrons. The molecule has 0 aliphatic carbocycles. The first-order chi connectivity index (χ1) is 15.4. The standard InChI is InChI=1S/C26H32N2O4/c1-18-4-9-24-21(15-18)22(29)16-26(32-24)10-13-27(14-11-26)17-23(30)19-5-7-20(8-6-19)28-12-2-3-25(28)31/h4-9,15,22-23,29-30H,2-3,10-14,16-17H2,1H3/t22-,23+/m0/s1. The first-order valence-corrected chi connectivity index (χ1v) is 11.7. The number of β-amino-alcohol motifs (C(OH)–C–C–N with tert-alkyl or cyclic N) is 1. The molecule has 6 nitrogen and oxygen atoms in total. The first kappa shape index (κ1) is 21.4. The van der Waals surface area contributed by atoms with Crippen LogP contribution < -0.4 is 9.64 Å². The molecule has 1 spiro atoms. The van der Waals surface area contributed by atoms with Crippen molar-refractivity contribution >= 4 is 11.6 Å². The van der Waals surface area contributed by atoms with Crippen LogP contribution in [-0.2, 0) is 4.79 Å². The average Bonchev–Trinajstić information content (AvgIpc) is 3.22. The maximum Gasteiger partial charge on any atom is 0.227 e. The van der Waals surface area contributed by atoms with E-state index in [4.69, 9.17) is 4.74 Å². The van der Waals surface area contributed by atoms with Gasteiger partial charge in [-0.3, -0.25) is 4.79 Å². The zero-order chi connectivity index (χ0) is 22.3. The number of hydrogen-bond donors (Lipinski definition) is 2. The second-order valence-electron chi connectivity index (χ2n) is 9.60. The molecule has 2 fully saturated rings. The number of benzene rings is 2. The van der Waals surface area contributed by atoms with Gasteiger partial charge in [-0.05, 0) is 56.0 Å². The number of anilines is 1. The largest absolute Gasteiger partial charge is 0.487 e. The summed E-state index contributed by atoms with van der Waals surface area (Å²) < 4.78 is 6.41. The van der Waals surface area contributed by atoms with Gasteiger partial charge in [-0.2, -0.15) is 0 Å². The van der Waals surface area contributed by atoms with E-state index in [1.54, 1.807) is 0 Å². The first-order valence-electron chi connectivity index (χ1n) is 11.7. The van der Waals surface area contributed by atoms with Crippen LogP contribution in [0.15, 0.2) is 42.5 Å². The third kappa shape index (κ3) is 4.15. The number of ether oxygens (including phenoxy) is 1. The lowest BCUT2D eigenvalue weighted by Crippen LogP contribution is -2.51. The molecule has 3 aliphatic heterocycles. The smallest absolute Gasteiger partial charge is 0.227 e. The molecule has 1 amide bonds. The number of hydrogen-bond acceptors (Lipinski definition) is 5. The van der Waals surface area contributed by atoms with Crippen molar-refractivity contribution < 1.29 is 19.7 Å². The molecule has 170 valence electrons. The monoisotopic (exact) mass is 436 g/mol. The number of aryl methyl sites for hydroxylation is 1. The molecule has 0 unspecified atom stereocenters. The minimum atomic E-state index is -0.575. The number of fused-ring (bicyclic) bond motifs is 1. The fourth-order valence-corrected chi connectivity index (χ4v) is 5.36. The number of aliphatic hydroxyl groups excluding tert-OH is 2. The summed E-state index contributed by atoms with van der Waals surface area (Å²) in [5.74, 6) is 0.979. The molecular weight excluding hydrogens is 404 g/mol. The van der Waals surface area contributed by atoms with Gasteiger partial charge in [-0.1, -0.05) is 23.8 Å². The Hall–Kier alpha value is -2.41. The van der Waals surface area contributed by atoms with Gasteiger partial charge >= 0.3 is 0 Å². The molecule has 2 atom stereocenters. The molecule has 2 aromatic rings. The van der Waals surface area contributed by atoms with Crippen LogP contribution in [0.3, 0.4) is 0 Å². The van der Waals surface area contributed by atoms with E-state index in [1.165, 1.54) is 0 Å². The summed E-state index contributed by atoms with van der Waals surface area (Å²) in [5.41, 5.74) is 3.48. The maximum atomic E-state index is 11.9. The van der Waals surface area contributed by atoms with Gasteiger partial charge < -0.3 is 24.7 Å². The highest BCUT2D eigenvalue weighted by molar-refractivity contribution is 5.95. The van der Waals surface area contributed by atoms with Crippen LogP contribution in [0.4, 0.5) is 5.69 Å². The molecule has 0 saturated carbocycles. The van der Waals surface area contributed by atoms with Crippen LogP contribution >= 0.6 is 0 Å². The number of aliphatic hydroxyl groups is 2. The van der Waals surface area contributed by atoms with Crippen molar-refractivity contribution in [2.75, 3.05) is 31.1 Å². The van der Waals surface area contributed by atoms with Crippen LogP contribution in [0.1, 0.15) is 61.0 Å². The Morgan fingerprint density at radius 1 is 1.12 bits per heavy atom. The summed E-state index contributed by atoms with van der Waals surface area (Å²) in [4.78, 5) is 16.0. The summed E-state index contributed by atoms with van der Waals surface area (Å²) in [6.07, 6.45) is 2.75. The molecule has 3 aliphatic rings. The van der Waals surface area contributed by atoms with Crippen LogP contribution in [-0.4, -0.2) is 52.8 Å². The summed E-state index contributed by atoms with van der Waals surface area (Å²) in [7, 11) is 0. The average molecular weight is 437 g/mol. The number of piperidine rings is 1. The van der Waals surface area contributed by atoms with Crippen molar-refractivity contribution in [3.05, 3.63) is 59.2 Å². The van der Waals surface area contributed by atoms with Crippen molar-refractivity contribution in [1.29, 1.82) is 0 Å². The van der Waals surface area contributed by atoms with Crippen molar-refractivity contribution in [2.24, 2.45) is 0 Å². The van der Waals surface area contributed by atoms with Crippen LogP contribution in [0.2, 0.25) is 0 Å². The van der Waals surface area contributed by atoms with Gasteiger partial charge in [-0.25, -0.2) is 0 Å². The topological polar surface area (TPSA) is 73.2 Å². The Morgan fingerprint density at radius 2 is 1.88 bits per heavy atom.